The summed E-state index contributed by atoms with van der Waals surface area (Å²) >= 11 is 0.961. The molecule has 2 aromatic carbocycles. The molecule has 3 aromatic rings. The molecule has 0 unspecified atom stereocenters. The Morgan fingerprint density at radius 1 is 0.964 bits per heavy atom. The number of sulfonamides is 1. The van der Waals surface area contributed by atoms with Gasteiger partial charge in [-0.25, -0.2) is 13.1 Å². The molecule has 4 rings (SSSR count). The molecule has 1 heterocycles. The monoisotopic (exact) mass is 423 g/mol. The van der Waals surface area contributed by atoms with Gasteiger partial charge in [0, 0.05) is 16.8 Å². The molecule has 0 saturated heterocycles. The zero-order chi connectivity index (χ0) is 19.9. The molecule has 3 nitrogen and oxygen atoms in total. The number of benzene rings is 2. The van der Waals surface area contributed by atoms with Gasteiger partial charge in [0.05, 0.1) is 5.56 Å². The molecule has 2 atom stereocenters. The summed E-state index contributed by atoms with van der Waals surface area (Å²) in [4.78, 5) is 0.474. The second kappa shape index (κ2) is 7.02. The normalized spacial score (nSPS) is 19.5. The van der Waals surface area contributed by atoms with E-state index >= 15 is 0 Å². The minimum Gasteiger partial charge on any atom is -0.207 e. The molecule has 8 heteroatoms. The Morgan fingerprint density at radius 3 is 2.43 bits per heavy atom. The molecule has 0 amide bonds. The molecule has 1 aliphatic rings. The van der Waals surface area contributed by atoms with Crippen molar-refractivity contribution in [3.05, 3.63) is 77.9 Å². The van der Waals surface area contributed by atoms with Crippen LogP contribution in [0.4, 0.5) is 13.2 Å². The molecule has 146 valence electrons. The first-order chi connectivity index (χ1) is 13.2. The summed E-state index contributed by atoms with van der Waals surface area (Å²) in [5.41, 5.74) is 0.672. The predicted molar refractivity (Wildman–Crippen MR) is 103 cm³/mol. The molecular weight excluding hydrogens is 407 g/mol. The van der Waals surface area contributed by atoms with E-state index in [1.54, 1.807) is 0 Å². The first kappa shape index (κ1) is 19.2. The van der Waals surface area contributed by atoms with Gasteiger partial charge in [-0.3, -0.25) is 0 Å². The van der Waals surface area contributed by atoms with Gasteiger partial charge in [0.15, 0.2) is 0 Å². The van der Waals surface area contributed by atoms with E-state index in [4.69, 9.17) is 0 Å². The van der Waals surface area contributed by atoms with Crippen molar-refractivity contribution in [2.45, 2.75) is 28.8 Å². The van der Waals surface area contributed by atoms with Crippen LogP contribution in [0.2, 0.25) is 0 Å². The minimum absolute atomic E-state index is 0.0959. The Hall–Kier alpha value is -2.16. The summed E-state index contributed by atoms with van der Waals surface area (Å²) in [7, 11) is -3.72. The first-order valence-corrected chi connectivity index (χ1v) is 10.9. The minimum atomic E-state index is -4.44. The maximum Gasteiger partial charge on any atom is 0.416 e. The number of thiophene rings is 1. The van der Waals surface area contributed by atoms with E-state index in [1.165, 1.54) is 24.3 Å². The fourth-order valence-electron chi connectivity index (χ4n) is 3.12. The third-order valence-corrected chi connectivity index (χ3v) is 7.76. The van der Waals surface area contributed by atoms with Crippen molar-refractivity contribution in [2.24, 2.45) is 0 Å². The summed E-state index contributed by atoms with van der Waals surface area (Å²) in [6.45, 7) is 0. The van der Waals surface area contributed by atoms with Gasteiger partial charge in [0.1, 0.15) is 4.21 Å². The van der Waals surface area contributed by atoms with Gasteiger partial charge in [0.25, 0.3) is 0 Å². The Bertz CT molecular complexity index is 1090. The third-order valence-electron chi connectivity index (χ3n) is 4.65. The van der Waals surface area contributed by atoms with Crippen molar-refractivity contribution in [3.8, 4) is 10.4 Å². The number of rotatable bonds is 5. The molecule has 1 aliphatic carbocycles. The Balaban J connectivity index is 1.51. The molecule has 1 aromatic heterocycles. The van der Waals surface area contributed by atoms with Crippen molar-refractivity contribution < 1.29 is 21.6 Å². The largest absolute Gasteiger partial charge is 0.416 e. The van der Waals surface area contributed by atoms with Crippen LogP contribution in [0.15, 0.2) is 70.9 Å². The quantitative estimate of drug-likeness (QED) is 0.608. The predicted octanol–water partition coefficient (Wildman–Crippen LogP) is 5.27. The Morgan fingerprint density at radius 2 is 1.71 bits per heavy atom. The second-order valence-corrected chi connectivity index (χ2v) is 9.70. The van der Waals surface area contributed by atoms with Crippen LogP contribution < -0.4 is 4.72 Å². The van der Waals surface area contributed by atoms with Crippen LogP contribution in [-0.4, -0.2) is 14.5 Å². The van der Waals surface area contributed by atoms with Gasteiger partial charge in [-0.15, -0.1) is 11.3 Å². The van der Waals surface area contributed by atoms with E-state index in [-0.39, 0.29) is 16.2 Å². The maximum atomic E-state index is 12.9. The zero-order valence-electron chi connectivity index (χ0n) is 14.5. The summed E-state index contributed by atoms with van der Waals surface area (Å²) in [6, 6.07) is 17.4. The SMILES string of the molecule is O=S(=O)(N[C@H]1C[C@@H]1c1ccccc1)c1ccc(-c2cccc(C(F)(F)F)c2)s1. The molecule has 1 fully saturated rings. The van der Waals surface area contributed by atoms with Crippen molar-refractivity contribution in [1.82, 2.24) is 4.72 Å². The smallest absolute Gasteiger partial charge is 0.207 e. The fraction of sp³-hybridized carbons (Fsp3) is 0.200. The first-order valence-electron chi connectivity index (χ1n) is 8.59. The number of hydrogen-bond donors (Lipinski definition) is 1. The highest BCUT2D eigenvalue weighted by molar-refractivity contribution is 7.91. The maximum absolute atomic E-state index is 12.9. The number of hydrogen-bond acceptors (Lipinski definition) is 3. The lowest BCUT2D eigenvalue weighted by Crippen LogP contribution is -2.26. The summed E-state index contributed by atoms with van der Waals surface area (Å²) in [6.07, 6.45) is -3.71. The van der Waals surface area contributed by atoms with Gasteiger partial charge in [-0.2, -0.15) is 13.2 Å². The van der Waals surface area contributed by atoms with E-state index in [2.05, 4.69) is 4.72 Å². The van der Waals surface area contributed by atoms with E-state index < -0.39 is 21.8 Å². The average molecular weight is 423 g/mol. The van der Waals surface area contributed by atoms with Crippen molar-refractivity contribution >= 4 is 21.4 Å². The summed E-state index contributed by atoms with van der Waals surface area (Å²) in [5, 5.41) is 0. The standard InChI is InChI=1S/C20H16F3NO2S2/c21-20(22,23)15-8-4-7-14(11-15)18-9-10-19(27-18)28(25,26)24-17-12-16(17)13-5-2-1-3-6-13/h1-11,16-17,24H,12H2/t16-,17+/m1/s1. The van der Waals surface area contributed by atoms with Crippen LogP contribution in [0.25, 0.3) is 10.4 Å². The summed E-state index contributed by atoms with van der Waals surface area (Å²) < 4.78 is 66.8. The molecule has 0 spiro atoms. The molecule has 1 saturated carbocycles. The van der Waals surface area contributed by atoms with E-state index in [1.807, 2.05) is 30.3 Å². The molecule has 1 N–H and O–H groups in total. The fourth-order valence-corrected chi connectivity index (χ4v) is 5.73. The second-order valence-electron chi connectivity index (χ2n) is 6.68. The topological polar surface area (TPSA) is 46.2 Å². The van der Waals surface area contributed by atoms with Crippen LogP contribution >= 0.6 is 11.3 Å². The van der Waals surface area contributed by atoms with Crippen LogP contribution in [0, 0.1) is 0 Å². The number of nitrogens with one attached hydrogen (secondary N) is 1. The molecule has 0 bridgehead atoms. The van der Waals surface area contributed by atoms with Gasteiger partial charge < -0.3 is 0 Å². The summed E-state index contributed by atoms with van der Waals surface area (Å²) in [5.74, 6) is 0.152. The third kappa shape index (κ3) is 3.99. The zero-order valence-corrected chi connectivity index (χ0v) is 16.1. The van der Waals surface area contributed by atoms with Crippen LogP contribution in [-0.2, 0) is 16.2 Å². The van der Waals surface area contributed by atoms with Gasteiger partial charge in [-0.1, -0.05) is 42.5 Å². The van der Waals surface area contributed by atoms with E-state index in [0.717, 1.165) is 35.5 Å². The van der Waals surface area contributed by atoms with Gasteiger partial charge in [-0.05, 0) is 41.8 Å². The average Bonchev–Trinajstić information content (AvgIpc) is 3.22. The number of halogens is 3. The highest BCUT2D eigenvalue weighted by Crippen LogP contribution is 2.42. The molecule has 0 radical (unpaired) electrons. The van der Waals surface area contributed by atoms with Crippen LogP contribution in [0.3, 0.4) is 0 Å². The van der Waals surface area contributed by atoms with Crippen molar-refractivity contribution in [1.29, 1.82) is 0 Å². The highest BCUT2D eigenvalue weighted by atomic mass is 32.2. The lowest BCUT2D eigenvalue weighted by atomic mass is 10.1. The van der Waals surface area contributed by atoms with Gasteiger partial charge in [0.2, 0.25) is 10.0 Å². The van der Waals surface area contributed by atoms with E-state index in [0.29, 0.717) is 10.4 Å². The van der Waals surface area contributed by atoms with Crippen molar-refractivity contribution in [2.75, 3.05) is 0 Å². The number of alkyl halides is 3. The van der Waals surface area contributed by atoms with Crippen LogP contribution in [0.5, 0.6) is 0 Å². The molecular formula is C20H16F3NO2S2. The van der Waals surface area contributed by atoms with Gasteiger partial charge >= 0.3 is 6.18 Å². The van der Waals surface area contributed by atoms with Crippen LogP contribution in [0.1, 0.15) is 23.5 Å². The molecule has 28 heavy (non-hydrogen) atoms. The lowest BCUT2D eigenvalue weighted by Gasteiger charge is -2.07. The Kier molecular flexibility index (Phi) is 4.81. The van der Waals surface area contributed by atoms with E-state index in [9.17, 15) is 21.6 Å². The Labute approximate surface area is 164 Å². The van der Waals surface area contributed by atoms with Crippen molar-refractivity contribution in [3.63, 3.8) is 0 Å². The lowest BCUT2D eigenvalue weighted by molar-refractivity contribution is -0.137. The molecule has 0 aliphatic heterocycles. The highest BCUT2D eigenvalue weighted by Gasteiger charge is 2.41.